The van der Waals surface area contributed by atoms with E-state index in [-0.39, 0.29) is 18.6 Å². The average Bonchev–Trinajstić information content (AvgIpc) is 2.82. The zero-order valence-electron chi connectivity index (χ0n) is 10.3. The lowest BCUT2D eigenvalue weighted by atomic mass is 10.1. The van der Waals surface area contributed by atoms with Crippen LogP contribution in [0.2, 0.25) is 0 Å². The van der Waals surface area contributed by atoms with Crippen LogP contribution in [0.15, 0.2) is 20.9 Å². The Hall–Kier alpha value is -2.53. The Kier molecular flexibility index (Phi) is 3.91. The predicted molar refractivity (Wildman–Crippen MR) is 65.9 cm³/mol. The second-order valence-corrected chi connectivity index (χ2v) is 4.18. The number of aliphatic hydroxyl groups is 1. The Morgan fingerprint density at radius 2 is 2.45 bits per heavy atom. The zero-order chi connectivity index (χ0) is 14.7. The molecule has 0 spiro atoms. The first-order valence-electron chi connectivity index (χ1n) is 5.75. The molecule has 20 heavy (non-hydrogen) atoms. The number of rotatable bonds is 3. The lowest BCUT2D eigenvalue weighted by molar-refractivity contribution is -0.0274. The molecule has 2 rings (SSSR count). The van der Waals surface area contributed by atoms with Gasteiger partial charge in [0.25, 0.3) is 5.56 Å². The second kappa shape index (κ2) is 5.63. The summed E-state index contributed by atoms with van der Waals surface area (Å²) in [6.07, 6.45) is 5.23. The molecule has 0 aromatic carbocycles. The molecule has 3 atom stereocenters. The molecular weight excluding hydrogens is 266 g/mol. The molecule has 1 aliphatic heterocycles. The molecule has 1 aliphatic rings. The summed E-state index contributed by atoms with van der Waals surface area (Å²) in [7, 11) is 0. The molecule has 9 heteroatoms. The van der Waals surface area contributed by atoms with Gasteiger partial charge in [0.15, 0.2) is 6.04 Å². The van der Waals surface area contributed by atoms with Crippen LogP contribution in [0.1, 0.15) is 18.2 Å². The highest BCUT2D eigenvalue weighted by molar-refractivity contribution is 5.26. The Balaban J connectivity index is 2.39. The number of hydrogen-bond donors (Lipinski definition) is 3. The van der Waals surface area contributed by atoms with Gasteiger partial charge in [0, 0.05) is 12.6 Å². The number of nitrogens with zero attached hydrogens (tertiary/aromatic N) is 3. The van der Waals surface area contributed by atoms with Crippen molar-refractivity contribution in [1.82, 2.24) is 14.5 Å². The summed E-state index contributed by atoms with van der Waals surface area (Å²) in [5, 5.41) is 12.8. The van der Waals surface area contributed by atoms with Crippen LogP contribution >= 0.6 is 0 Å². The number of aliphatic hydroxyl groups excluding tert-OH is 1. The van der Waals surface area contributed by atoms with E-state index >= 15 is 0 Å². The molecule has 0 saturated carbocycles. The van der Waals surface area contributed by atoms with Gasteiger partial charge in [0.2, 0.25) is 4.91 Å². The lowest BCUT2D eigenvalue weighted by Crippen LogP contribution is -2.33. The van der Waals surface area contributed by atoms with E-state index < -0.39 is 29.6 Å². The molecule has 9 nitrogen and oxygen atoms in total. The van der Waals surface area contributed by atoms with E-state index in [2.05, 4.69) is 20.9 Å². The smallest absolute Gasteiger partial charge is 0.330 e. The Morgan fingerprint density at radius 3 is 3.05 bits per heavy atom. The first-order valence-corrected chi connectivity index (χ1v) is 5.75. The standard InChI is InChI=1S/C11H11N5O4/c1-2-6-4-16(11(19)13-10(6)18)9-3-7(14-15-12)8(5-17)20-9/h1,4,7-9,12,17H,3,5H2/p+1. The summed E-state index contributed by atoms with van der Waals surface area (Å²) in [4.78, 5) is 28.1. The van der Waals surface area contributed by atoms with Crippen molar-refractivity contribution < 1.29 is 9.84 Å². The monoisotopic (exact) mass is 278 g/mol. The molecule has 3 N–H and O–H groups in total. The summed E-state index contributed by atoms with van der Waals surface area (Å²) >= 11 is 0. The summed E-state index contributed by atoms with van der Waals surface area (Å²) in [5.74, 6) is 2.17. The van der Waals surface area contributed by atoms with Crippen molar-refractivity contribution in [3.63, 3.8) is 0 Å². The predicted octanol–water partition coefficient (Wildman–Crippen LogP) is -1.28. The van der Waals surface area contributed by atoms with Crippen LogP contribution in [-0.4, -0.2) is 33.4 Å². The van der Waals surface area contributed by atoms with Gasteiger partial charge in [-0.1, -0.05) is 5.92 Å². The third kappa shape index (κ3) is 2.44. The lowest BCUT2D eigenvalue weighted by Gasteiger charge is -2.14. The van der Waals surface area contributed by atoms with E-state index in [1.165, 1.54) is 6.20 Å². The molecule has 0 amide bonds. The number of nitrogens with one attached hydrogen (secondary N) is 2. The molecule has 1 aromatic rings. The van der Waals surface area contributed by atoms with E-state index in [4.69, 9.17) is 16.7 Å². The van der Waals surface area contributed by atoms with Crippen molar-refractivity contribution in [1.29, 1.82) is 5.53 Å². The fourth-order valence-electron chi connectivity index (χ4n) is 2.05. The molecule has 3 unspecified atom stereocenters. The number of hydrogen-bond acceptors (Lipinski definition) is 6. The van der Waals surface area contributed by atoms with Gasteiger partial charge in [0.05, 0.1) is 6.61 Å². The number of terminal acetylenes is 1. The molecule has 1 saturated heterocycles. The highest BCUT2D eigenvalue weighted by Gasteiger charge is 2.39. The molecule has 1 fully saturated rings. The third-order valence-corrected chi connectivity index (χ3v) is 3.02. The van der Waals surface area contributed by atoms with Gasteiger partial charge in [-0.15, -0.1) is 6.42 Å². The van der Waals surface area contributed by atoms with Crippen LogP contribution in [0.4, 0.5) is 0 Å². The van der Waals surface area contributed by atoms with Crippen molar-refractivity contribution in [2.45, 2.75) is 24.8 Å². The van der Waals surface area contributed by atoms with Crippen LogP contribution in [-0.2, 0) is 4.74 Å². The maximum absolute atomic E-state index is 11.8. The van der Waals surface area contributed by atoms with Crippen LogP contribution in [0.3, 0.4) is 0 Å². The van der Waals surface area contributed by atoms with Crippen LogP contribution in [0.25, 0.3) is 0 Å². The van der Waals surface area contributed by atoms with Gasteiger partial charge in [-0.05, 0) is 0 Å². The van der Waals surface area contributed by atoms with Gasteiger partial charge in [-0.2, -0.15) is 0 Å². The summed E-state index contributed by atoms with van der Waals surface area (Å²) in [5.41, 5.74) is 5.40. The van der Waals surface area contributed by atoms with Gasteiger partial charge in [0.1, 0.15) is 28.5 Å². The zero-order valence-corrected chi connectivity index (χ0v) is 10.3. The fourth-order valence-corrected chi connectivity index (χ4v) is 2.05. The Labute approximate surface area is 112 Å². The molecule has 0 radical (unpaired) electrons. The maximum atomic E-state index is 11.8. The second-order valence-electron chi connectivity index (χ2n) is 4.18. The summed E-state index contributed by atoms with van der Waals surface area (Å²) < 4.78 is 6.60. The molecule has 0 bridgehead atoms. The number of ether oxygens (including phenoxy) is 1. The molecule has 2 heterocycles. The normalized spacial score (nSPS) is 24.9. The molecular formula is C11H12N5O4+. The van der Waals surface area contributed by atoms with Gasteiger partial charge < -0.3 is 9.84 Å². The van der Waals surface area contributed by atoms with Crippen molar-refractivity contribution in [3.8, 4) is 12.3 Å². The minimum atomic E-state index is -0.737. The maximum Gasteiger partial charge on any atom is 0.330 e. The molecule has 104 valence electrons. The van der Waals surface area contributed by atoms with Crippen molar-refractivity contribution in [2.75, 3.05) is 6.61 Å². The van der Waals surface area contributed by atoms with Gasteiger partial charge in [-0.25, -0.2) is 4.79 Å². The van der Waals surface area contributed by atoms with E-state index in [0.717, 1.165) is 4.57 Å². The van der Waals surface area contributed by atoms with Crippen molar-refractivity contribution >= 4 is 0 Å². The Morgan fingerprint density at radius 1 is 1.70 bits per heavy atom. The number of H-pyrrole nitrogens is 1. The Bertz CT molecular complexity index is 709. The number of aromatic nitrogens is 2. The summed E-state index contributed by atoms with van der Waals surface area (Å²) in [6.45, 7) is -0.319. The van der Waals surface area contributed by atoms with Crippen LogP contribution < -0.4 is 16.2 Å². The highest BCUT2D eigenvalue weighted by atomic mass is 16.5. The number of aromatic amines is 1. The van der Waals surface area contributed by atoms with E-state index in [1.807, 2.05) is 0 Å². The quantitative estimate of drug-likeness (QED) is 0.360. The minimum absolute atomic E-state index is 0.000633. The third-order valence-electron chi connectivity index (χ3n) is 3.02. The van der Waals surface area contributed by atoms with E-state index in [1.54, 1.807) is 0 Å². The highest BCUT2D eigenvalue weighted by Crippen LogP contribution is 2.29. The first kappa shape index (κ1) is 13.9. The molecule has 0 aliphatic carbocycles. The average molecular weight is 278 g/mol. The minimum Gasteiger partial charge on any atom is -0.394 e. The SMILES string of the molecule is C#Cc1cn(C2CC(N=[N+]=N)C(CO)O2)c(=O)[nH]c1=O. The van der Waals surface area contributed by atoms with E-state index in [9.17, 15) is 14.7 Å². The summed E-state index contributed by atoms with van der Waals surface area (Å²) in [6, 6.07) is -0.532. The largest absolute Gasteiger partial charge is 0.394 e. The fraction of sp³-hybridized carbons (Fsp3) is 0.455. The van der Waals surface area contributed by atoms with Crippen molar-refractivity contribution in [3.05, 3.63) is 32.6 Å². The van der Waals surface area contributed by atoms with Gasteiger partial charge in [-0.3, -0.25) is 14.3 Å². The van der Waals surface area contributed by atoms with Crippen LogP contribution in [0, 0.1) is 17.9 Å². The van der Waals surface area contributed by atoms with Crippen molar-refractivity contribution in [2.24, 2.45) is 5.11 Å². The topological polar surface area (TPSA) is 135 Å². The van der Waals surface area contributed by atoms with Crippen LogP contribution in [0.5, 0.6) is 0 Å². The van der Waals surface area contributed by atoms with E-state index in [0.29, 0.717) is 0 Å². The first-order chi connectivity index (χ1) is 9.60. The van der Waals surface area contributed by atoms with Gasteiger partial charge >= 0.3 is 5.69 Å². The molecule has 1 aromatic heterocycles.